The van der Waals surface area contributed by atoms with Crippen LogP contribution in [0.4, 0.5) is 4.39 Å². The van der Waals surface area contributed by atoms with Crippen LogP contribution < -0.4 is 0 Å². The summed E-state index contributed by atoms with van der Waals surface area (Å²) in [6.45, 7) is -1.38. The monoisotopic (exact) mass is 319 g/mol. The van der Waals surface area contributed by atoms with Gasteiger partial charge < -0.3 is 9.47 Å². The van der Waals surface area contributed by atoms with E-state index in [1.54, 1.807) is 0 Å². The number of sulfonamides is 1. The van der Waals surface area contributed by atoms with E-state index in [9.17, 15) is 22.4 Å². The minimum atomic E-state index is -4.24. The Labute approximate surface area is 121 Å². The Morgan fingerprint density at radius 2 is 1.67 bits per heavy atom. The fourth-order valence-electron chi connectivity index (χ4n) is 1.42. The smallest absolute Gasteiger partial charge is 0.321 e. The largest absolute Gasteiger partial charge is 0.468 e. The molecule has 0 fully saturated rings. The van der Waals surface area contributed by atoms with Gasteiger partial charge in [-0.2, -0.15) is 4.31 Å². The minimum Gasteiger partial charge on any atom is -0.468 e. The Bertz CT molecular complexity index is 612. The number of hydrogen-bond acceptors (Lipinski definition) is 6. The zero-order chi connectivity index (χ0) is 16.0. The number of nitrogens with zero attached hydrogens (tertiary/aromatic N) is 1. The van der Waals surface area contributed by atoms with E-state index in [0.29, 0.717) is 4.31 Å². The van der Waals surface area contributed by atoms with Gasteiger partial charge in [-0.15, -0.1) is 0 Å². The Balaban J connectivity index is 3.16. The first kappa shape index (κ1) is 17.1. The molecule has 0 aliphatic carbocycles. The number of carbonyl (C=O) groups is 2. The molecule has 9 heteroatoms. The van der Waals surface area contributed by atoms with Gasteiger partial charge in [-0.25, -0.2) is 12.8 Å². The van der Waals surface area contributed by atoms with Crippen LogP contribution in [0.5, 0.6) is 0 Å². The zero-order valence-electron chi connectivity index (χ0n) is 11.4. The van der Waals surface area contributed by atoms with Crippen molar-refractivity contribution in [2.24, 2.45) is 0 Å². The van der Waals surface area contributed by atoms with Crippen LogP contribution in [0.3, 0.4) is 0 Å². The quantitative estimate of drug-likeness (QED) is 0.694. The van der Waals surface area contributed by atoms with Crippen LogP contribution in [0.15, 0.2) is 29.2 Å². The van der Waals surface area contributed by atoms with Crippen LogP contribution in [0.25, 0.3) is 0 Å². The summed E-state index contributed by atoms with van der Waals surface area (Å²) >= 11 is 0. The van der Waals surface area contributed by atoms with Gasteiger partial charge in [0.2, 0.25) is 10.0 Å². The van der Waals surface area contributed by atoms with Gasteiger partial charge in [-0.05, 0) is 18.2 Å². The lowest BCUT2D eigenvalue weighted by Crippen LogP contribution is -2.40. The van der Waals surface area contributed by atoms with Gasteiger partial charge in [0, 0.05) is 0 Å². The van der Waals surface area contributed by atoms with Crippen molar-refractivity contribution in [3.05, 3.63) is 30.1 Å². The third-order valence-corrected chi connectivity index (χ3v) is 4.29. The molecule has 0 heterocycles. The van der Waals surface area contributed by atoms with Crippen molar-refractivity contribution in [3.63, 3.8) is 0 Å². The number of halogens is 1. The van der Waals surface area contributed by atoms with E-state index < -0.39 is 40.9 Å². The van der Waals surface area contributed by atoms with Crippen molar-refractivity contribution in [1.82, 2.24) is 4.31 Å². The van der Waals surface area contributed by atoms with Gasteiger partial charge >= 0.3 is 11.9 Å². The second-order valence-electron chi connectivity index (χ2n) is 3.88. The summed E-state index contributed by atoms with van der Waals surface area (Å²) in [5.74, 6) is -2.48. The fraction of sp³-hybridized carbons (Fsp3) is 0.333. The highest BCUT2D eigenvalue weighted by atomic mass is 32.2. The fourth-order valence-corrected chi connectivity index (χ4v) is 2.78. The molecule has 21 heavy (non-hydrogen) atoms. The molecular weight excluding hydrogens is 305 g/mol. The van der Waals surface area contributed by atoms with Crippen molar-refractivity contribution in [3.8, 4) is 0 Å². The molecule has 0 unspecified atom stereocenters. The standard InChI is InChI=1S/C12H14FNO6S/c1-19-11(15)7-14(8-12(16)20-2)21(17,18)10-5-3-4-9(13)6-10/h3-6H,7-8H2,1-2H3. The Hall–Kier alpha value is -2.00. The second kappa shape index (κ2) is 7.14. The van der Waals surface area contributed by atoms with E-state index in [2.05, 4.69) is 9.47 Å². The highest BCUT2D eigenvalue weighted by Crippen LogP contribution is 2.16. The molecule has 1 rings (SSSR count). The average molecular weight is 319 g/mol. The number of rotatable bonds is 6. The molecular formula is C12H14FNO6S. The summed E-state index contributed by atoms with van der Waals surface area (Å²) in [5, 5.41) is 0. The van der Waals surface area contributed by atoms with Gasteiger partial charge in [0.25, 0.3) is 0 Å². The molecule has 116 valence electrons. The summed E-state index contributed by atoms with van der Waals surface area (Å²) in [6, 6.07) is 4.22. The van der Waals surface area contributed by atoms with Crippen molar-refractivity contribution in [1.29, 1.82) is 0 Å². The lowest BCUT2D eigenvalue weighted by atomic mass is 10.4. The Morgan fingerprint density at radius 1 is 1.14 bits per heavy atom. The first-order valence-electron chi connectivity index (χ1n) is 5.70. The predicted octanol–water partition coefficient (Wildman–Crippen LogP) is 0.162. The van der Waals surface area contributed by atoms with E-state index in [4.69, 9.17) is 0 Å². The van der Waals surface area contributed by atoms with Crippen molar-refractivity contribution >= 4 is 22.0 Å². The van der Waals surface area contributed by atoms with Crippen LogP contribution in [-0.4, -0.2) is 52.0 Å². The SMILES string of the molecule is COC(=O)CN(CC(=O)OC)S(=O)(=O)c1cccc(F)c1. The number of hydrogen-bond donors (Lipinski definition) is 0. The summed E-state index contributed by atoms with van der Waals surface area (Å²) in [6.07, 6.45) is 0. The highest BCUT2D eigenvalue weighted by molar-refractivity contribution is 7.89. The summed E-state index contributed by atoms with van der Waals surface area (Å²) < 4.78 is 47.1. The number of benzene rings is 1. The molecule has 0 radical (unpaired) electrons. The first-order valence-corrected chi connectivity index (χ1v) is 7.14. The molecule has 0 saturated heterocycles. The molecule has 1 aromatic rings. The maximum Gasteiger partial charge on any atom is 0.321 e. The Kier molecular flexibility index (Phi) is 5.79. The van der Waals surface area contributed by atoms with Crippen molar-refractivity contribution in [2.75, 3.05) is 27.3 Å². The van der Waals surface area contributed by atoms with Crippen molar-refractivity contribution < 1.29 is 31.9 Å². The predicted molar refractivity (Wildman–Crippen MR) is 69.2 cm³/mol. The third-order valence-electron chi connectivity index (χ3n) is 2.50. The molecule has 0 aromatic heterocycles. The molecule has 0 atom stereocenters. The zero-order valence-corrected chi connectivity index (χ0v) is 12.2. The lowest BCUT2D eigenvalue weighted by Gasteiger charge is -2.19. The van der Waals surface area contributed by atoms with Gasteiger partial charge in [-0.3, -0.25) is 9.59 Å². The van der Waals surface area contributed by atoms with Crippen LogP contribution in [0.1, 0.15) is 0 Å². The number of methoxy groups -OCH3 is 2. The Morgan fingerprint density at radius 3 is 2.10 bits per heavy atom. The van der Waals surface area contributed by atoms with Gasteiger partial charge in [0.1, 0.15) is 18.9 Å². The van der Waals surface area contributed by atoms with Crippen LogP contribution in [0.2, 0.25) is 0 Å². The summed E-state index contributed by atoms with van der Waals surface area (Å²) in [7, 11) is -2.09. The van der Waals surface area contributed by atoms with Crippen molar-refractivity contribution in [2.45, 2.75) is 4.90 Å². The molecule has 0 amide bonds. The molecule has 0 saturated carbocycles. The molecule has 0 aliphatic rings. The minimum absolute atomic E-state index is 0.379. The topological polar surface area (TPSA) is 90.0 Å². The van der Waals surface area contributed by atoms with E-state index in [-0.39, 0.29) is 4.90 Å². The molecule has 1 aromatic carbocycles. The number of esters is 2. The van der Waals surface area contributed by atoms with E-state index in [0.717, 1.165) is 32.4 Å². The van der Waals surface area contributed by atoms with Crippen LogP contribution >= 0.6 is 0 Å². The molecule has 0 spiro atoms. The first-order chi connectivity index (χ1) is 9.81. The van der Waals surface area contributed by atoms with E-state index in [1.165, 1.54) is 6.07 Å². The number of ether oxygens (including phenoxy) is 2. The summed E-state index contributed by atoms with van der Waals surface area (Å²) in [5.41, 5.74) is 0. The number of carbonyl (C=O) groups excluding carboxylic acids is 2. The highest BCUT2D eigenvalue weighted by Gasteiger charge is 2.29. The van der Waals surface area contributed by atoms with Crippen LogP contribution in [-0.2, 0) is 29.1 Å². The van der Waals surface area contributed by atoms with Gasteiger partial charge in [0.05, 0.1) is 19.1 Å². The normalized spacial score (nSPS) is 11.2. The summed E-state index contributed by atoms with van der Waals surface area (Å²) in [4.78, 5) is 22.2. The van der Waals surface area contributed by atoms with Gasteiger partial charge in [-0.1, -0.05) is 6.07 Å². The molecule has 0 N–H and O–H groups in total. The van der Waals surface area contributed by atoms with E-state index in [1.807, 2.05) is 0 Å². The van der Waals surface area contributed by atoms with Crippen LogP contribution in [0, 0.1) is 5.82 Å². The maximum atomic E-state index is 13.2. The maximum absolute atomic E-state index is 13.2. The third kappa shape index (κ3) is 4.50. The molecule has 0 bridgehead atoms. The molecule has 7 nitrogen and oxygen atoms in total. The van der Waals surface area contributed by atoms with Gasteiger partial charge in [0.15, 0.2) is 0 Å². The second-order valence-corrected chi connectivity index (χ2v) is 5.82. The average Bonchev–Trinajstić information content (AvgIpc) is 2.46. The van der Waals surface area contributed by atoms with E-state index >= 15 is 0 Å². The lowest BCUT2D eigenvalue weighted by molar-refractivity contribution is -0.143. The molecule has 0 aliphatic heterocycles.